The average Bonchev–Trinajstić information content (AvgIpc) is 2.69. The van der Waals surface area contributed by atoms with Crippen molar-refractivity contribution in [2.45, 2.75) is 32.3 Å². The number of rotatable bonds is 12. The third-order valence-electron chi connectivity index (χ3n) is 4.19. The van der Waals surface area contributed by atoms with E-state index < -0.39 is 21.7 Å². The summed E-state index contributed by atoms with van der Waals surface area (Å²) in [6.45, 7) is 4.13. The van der Waals surface area contributed by atoms with Gasteiger partial charge in [0, 0.05) is 6.42 Å². The van der Waals surface area contributed by atoms with Gasteiger partial charge < -0.3 is 23.5 Å². The van der Waals surface area contributed by atoms with E-state index in [-0.39, 0.29) is 5.75 Å². The summed E-state index contributed by atoms with van der Waals surface area (Å²) in [5, 5.41) is 9.26. The third-order valence-corrected chi connectivity index (χ3v) is 4.69. The molecule has 0 saturated heterocycles. The smallest absolute Gasteiger partial charge is 0.347 e. The summed E-state index contributed by atoms with van der Waals surface area (Å²) in [5.74, 6) is 0.903. The van der Waals surface area contributed by atoms with Gasteiger partial charge in [-0.1, -0.05) is 6.92 Å². The summed E-state index contributed by atoms with van der Waals surface area (Å²) in [4.78, 5) is 11.3. The van der Waals surface area contributed by atoms with Gasteiger partial charge in [-0.2, -0.15) is 8.42 Å². The van der Waals surface area contributed by atoms with Crippen molar-refractivity contribution in [2.24, 2.45) is 0 Å². The molecule has 9 heteroatoms. The zero-order chi connectivity index (χ0) is 22.2. The Hall–Kier alpha value is -2.94. The molecule has 2 aromatic rings. The summed E-state index contributed by atoms with van der Waals surface area (Å²) >= 11 is 0. The molecule has 0 aliphatic heterocycles. The lowest BCUT2D eigenvalue weighted by Crippen LogP contribution is -2.40. The predicted molar refractivity (Wildman–Crippen MR) is 111 cm³/mol. The Morgan fingerprint density at radius 3 is 1.73 bits per heavy atom. The molecule has 30 heavy (non-hydrogen) atoms. The SMILES string of the molecule is CCC(C)(Oc1ccc(OCCCOc2ccc(OS(C)(=O)=O)cc2)cc1)C(=O)O. The first-order chi connectivity index (χ1) is 14.1. The molecule has 1 N–H and O–H groups in total. The fourth-order valence-electron chi connectivity index (χ4n) is 2.34. The lowest BCUT2D eigenvalue weighted by atomic mass is 10.0. The van der Waals surface area contributed by atoms with E-state index in [1.165, 1.54) is 19.1 Å². The number of carboxylic acids is 1. The Kier molecular flexibility index (Phi) is 7.93. The van der Waals surface area contributed by atoms with Gasteiger partial charge in [0.1, 0.15) is 23.0 Å². The molecule has 1 unspecified atom stereocenters. The van der Waals surface area contributed by atoms with Crippen LogP contribution in [0.3, 0.4) is 0 Å². The monoisotopic (exact) mass is 438 g/mol. The van der Waals surface area contributed by atoms with E-state index in [0.29, 0.717) is 43.3 Å². The van der Waals surface area contributed by atoms with Crippen molar-refractivity contribution >= 4 is 16.1 Å². The lowest BCUT2D eigenvalue weighted by Gasteiger charge is -2.24. The highest BCUT2D eigenvalue weighted by atomic mass is 32.2. The van der Waals surface area contributed by atoms with Gasteiger partial charge in [0.2, 0.25) is 5.60 Å². The number of carboxylic acid groups (broad SMARTS) is 1. The molecular weight excluding hydrogens is 412 g/mol. The minimum absolute atomic E-state index is 0.225. The highest BCUT2D eigenvalue weighted by molar-refractivity contribution is 7.86. The van der Waals surface area contributed by atoms with Gasteiger partial charge >= 0.3 is 16.1 Å². The second-order valence-electron chi connectivity index (χ2n) is 6.77. The molecule has 0 aliphatic rings. The van der Waals surface area contributed by atoms with Crippen LogP contribution >= 0.6 is 0 Å². The van der Waals surface area contributed by atoms with Crippen LogP contribution in [0.2, 0.25) is 0 Å². The Morgan fingerprint density at radius 2 is 1.33 bits per heavy atom. The maximum absolute atomic E-state index is 11.3. The molecule has 0 amide bonds. The first kappa shape index (κ1) is 23.3. The van der Waals surface area contributed by atoms with Crippen molar-refractivity contribution in [1.82, 2.24) is 0 Å². The summed E-state index contributed by atoms with van der Waals surface area (Å²) in [5.41, 5.74) is -1.27. The van der Waals surface area contributed by atoms with Crippen molar-refractivity contribution in [1.29, 1.82) is 0 Å². The summed E-state index contributed by atoms with van der Waals surface area (Å²) < 4.78 is 43.7. The largest absolute Gasteiger partial charge is 0.493 e. The number of aliphatic carboxylic acids is 1. The number of hydrogen-bond acceptors (Lipinski definition) is 7. The van der Waals surface area contributed by atoms with E-state index >= 15 is 0 Å². The van der Waals surface area contributed by atoms with E-state index in [4.69, 9.17) is 18.4 Å². The second kappa shape index (κ2) is 10.2. The fourth-order valence-corrected chi connectivity index (χ4v) is 2.80. The van der Waals surface area contributed by atoms with Crippen LogP contribution in [0.4, 0.5) is 0 Å². The zero-order valence-electron chi connectivity index (χ0n) is 17.2. The number of benzene rings is 2. The number of carbonyl (C=O) groups is 1. The molecule has 164 valence electrons. The normalized spacial score (nSPS) is 13.2. The number of hydrogen-bond donors (Lipinski definition) is 1. The molecule has 0 saturated carbocycles. The van der Waals surface area contributed by atoms with E-state index in [0.717, 1.165) is 6.26 Å². The maximum Gasteiger partial charge on any atom is 0.347 e. The Labute approximate surface area is 176 Å². The third kappa shape index (κ3) is 7.47. The molecular formula is C21H26O8S. The predicted octanol–water partition coefficient (Wildman–Crippen LogP) is 3.51. The van der Waals surface area contributed by atoms with Gasteiger partial charge in [-0.3, -0.25) is 0 Å². The topological polar surface area (TPSA) is 108 Å². The van der Waals surface area contributed by atoms with Crippen LogP contribution in [0.15, 0.2) is 48.5 Å². The molecule has 0 fully saturated rings. The quantitative estimate of drug-likeness (QED) is 0.396. The van der Waals surface area contributed by atoms with Crippen LogP contribution in [-0.2, 0) is 14.9 Å². The number of ether oxygens (including phenoxy) is 3. The van der Waals surface area contributed by atoms with E-state index in [9.17, 15) is 18.3 Å². The van der Waals surface area contributed by atoms with Gasteiger partial charge in [-0.05, 0) is 61.9 Å². The summed E-state index contributed by atoms with van der Waals surface area (Å²) in [7, 11) is -3.55. The van der Waals surface area contributed by atoms with Gasteiger partial charge in [0.25, 0.3) is 0 Å². The highest BCUT2D eigenvalue weighted by Gasteiger charge is 2.33. The molecule has 0 aromatic heterocycles. The van der Waals surface area contributed by atoms with Crippen molar-refractivity contribution in [3.63, 3.8) is 0 Å². The maximum atomic E-state index is 11.3. The van der Waals surface area contributed by atoms with E-state index in [2.05, 4.69) is 0 Å². The lowest BCUT2D eigenvalue weighted by molar-refractivity contribution is -0.154. The van der Waals surface area contributed by atoms with Crippen molar-refractivity contribution in [2.75, 3.05) is 19.5 Å². The molecule has 0 heterocycles. The van der Waals surface area contributed by atoms with Crippen molar-refractivity contribution in [3.8, 4) is 23.0 Å². The van der Waals surface area contributed by atoms with Crippen molar-refractivity contribution < 1.29 is 36.7 Å². The molecule has 8 nitrogen and oxygen atoms in total. The van der Waals surface area contributed by atoms with Crippen LogP contribution in [0.1, 0.15) is 26.7 Å². The summed E-state index contributed by atoms with van der Waals surface area (Å²) in [6, 6.07) is 13.1. The minimum atomic E-state index is -3.55. The molecule has 2 rings (SSSR count). The molecule has 1 atom stereocenters. The standard InChI is InChI=1S/C21H26O8S/c1-4-21(2,20(22)23)28-18-10-6-16(7-11-18)26-14-5-15-27-17-8-12-19(13-9-17)29-30(3,24)25/h6-13H,4-5,14-15H2,1-3H3,(H,22,23). The van der Waals surface area contributed by atoms with Crippen LogP contribution in [0.25, 0.3) is 0 Å². The fraction of sp³-hybridized carbons (Fsp3) is 0.381. The zero-order valence-corrected chi connectivity index (χ0v) is 18.0. The molecule has 0 spiro atoms. The molecule has 0 bridgehead atoms. The van der Waals surface area contributed by atoms with Crippen molar-refractivity contribution in [3.05, 3.63) is 48.5 Å². The van der Waals surface area contributed by atoms with Crippen LogP contribution in [-0.4, -0.2) is 44.6 Å². The van der Waals surface area contributed by atoms with Gasteiger partial charge in [-0.25, -0.2) is 4.79 Å². The second-order valence-corrected chi connectivity index (χ2v) is 8.35. The molecule has 0 aliphatic carbocycles. The Bertz CT molecular complexity index is 922. The Morgan fingerprint density at radius 1 is 0.900 bits per heavy atom. The first-order valence-electron chi connectivity index (χ1n) is 9.39. The van der Waals surface area contributed by atoms with Gasteiger partial charge in [-0.15, -0.1) is 0 Å². The van der Waals surface area contributed by atoms with Gasteiger partial charge in [0.15, 0.2) is 0 Å². The first-order valence-corrected chi connectivity index (χ1v) is 11.2. The highest BCUT2D eigenvalue weighted by Crippen LogP contribution is 2.24. The van der Waals surface area contributed by atoms with Gasteiger partial charge in [0.05, 0.1) is 19.5 Å². The van der Waals surface area contributed by atoms with Crippen LogP contribution in [0.5, 0.6) is 23.0 Å². The average molecular weight is 438 g/mol. The van der Waals surface area contributed by atoms with E-state index in [1.54, 1.807) is 43.3 Å². The molecule has 0 radical (unpaired) electrons. The van der Waals surface area contributed by atoms with Crippen LogP contribution in [0, 0.1) is 0 Å². The minimum Gasteiger partial charge on any atom is -0.493 e. The van der Waals surface area contributed by atoms with Crippen LogP contribution < -0.4 is 18.4 Å². The molecule has 2 aromatic carbocycles. The summed E-state index contributed by atoms with van der Waals surface area (Å²) in [6.07, 6.45) is 1.96. The Balaban J connectivity index is 1.72. The van der Waals surface area contributed by atoms with E-state index in [1.807, 2.05) is 0 Å².